The molecule has 3 aromatic rings. The number of rotatable bonds is 3. The lowest BCUT2D eigenvalue weighted by molar-refractivity contribution is 0.0756. The summed E-state index contributed by atoms with van der Waals surface area (Å²) in [5, 5.41) is 14.6. The fourth-order valence-electron chi connectivity index (χ4n) is 3.41. The fraction of sp³-hybridized carbons (Fsp3) is 0.263. The Hall–Kier alpha value is -2.66. The van der Waals surface area contributed by atoms with Gasteiger partial charge >= 0.3 is 0 Å². The first-order valence-corrected chi connectivity index (χ1v) is 8.16. The van der Waals surface area contributed by atoms with Crippen molar-refractivity contribution in [2.75, 3.05) is 13.1 Å². The molecule has 24 heavy (non-hydrogen) atoms. The van der Waals surface area contributed by atoms with Crippen LogP contribution in [-0.2, 0) is 6.42 Å². The molecule has 3 heterocycles. The van der Waals surface area contributed by atoms with Gasteiger partial charge in [0, 0.05) is 25.2 Å². The Morgan fingerprint density at radius 3 is 2.75 bits per heavy atom. The lowest BCUT2D eigenvalue weighted by Gasteiger charge is -2.16. The van der Waals surface area contributed by atoms with Crippen molar-refractivity contribution in [3.63, 3.8) is 0 Å². The Balaban J connectivity index is 1.52. The lowest BCUT2D eigenvalue weighted by atomic mass is 9.97. The average molecular weight is 321 g/mol. The van der Waals surface area contributed by atoms with Crippen LogP contribution in [0, 0.1) is 5.92 Å². The summed E-state index contributed by atoms with van der Waals surface area (Å²) in [6.07, 6.45) is 1.95. The van der Waals surface area contributed by atoms with E-state index in [1.807, 2.05) is 36.4 Å². The first kappa shape index (κ1) is 14.9. The smallest absolute Gasteiger partial charge is 0.272 e. The van der Waals surface area contributed by atoms with E-state index in [0.717, 1.165) is 11.9 Å². The van der Waals surface area contributed by atoms with Crippen LogP contribution in [0.15, 0.2) is 60.8 Å². The Morgan fingerprint density at radius 2 is 1.92 bits per heavy atom. The molecule has 0 aliphatic carbocycles. The van der Waals surface area contributed by atoms with E-state index in [1.54, 1.807) is 21.7 Å². The van der Waals surface area contributed by atoms with E-state index >= 15 is 0 Å². The second-order valence-electron chi connectivity index (χ2n) is 6.31. The molecule has 4 rings (SSSR count). The number of benzene rings is 1. The zero-order chi connectivity index (χ0) is 16.5. The number of aliphatic hydroxyl groups is 1. The van der Waals surface area contributed by atoms with Crippen LogP contribution < -0.4 is 0 Å². The molecule has 0 unspecified atom stereocenters. The molecule has 122 valence electrons. The molecular weight excluding hydrogens is 302 g/mol. The summed E-state index contributed by atoms with van der Waals surface area (Å²) >= 11 is 0. The Morgan fingerprint density at radius 1 is 1.08 bits per heavy atom. The molecule has 5 nitrogen and oxygen atoms in total. The van der Waals surface area contributed by atoms with E-state index in [-0.39, 0.29) is 11.8 Å². The summed E-state index contributed by atoms with van der Waals surface area (Å²) < 4.78 is 1.65. The molecule has 1 aliphatic rings. The number of aromatic nitrogens is 2. The van der Waals surface area contributed by atoms with Gasteiger partial charge in [0.05, 0.1) is 11.6 Å². The highest BCUT2D eigenvalue weighted by molar-refractivity contribution is 5.94. The van der Waals surface area contributed by atoms with Crippen molar-refractivity contribution in [2.24, 2.45) is 5.92 Å². The van der Waals surface area contributed by atoms with Crippen molar-refractivity contribution >= 4 is 11.4 Å². The molecule has 5 heteroatoms. The van der Waals surface area contributed by atoms with Gasteiger partial charge in [-0.15, -0.1) is 0 Å². The van der Waals surface area contributed by atoms with Gasteiger partial charge in [-0.05, 0) is 36.2 Å². The van der Waals surface area contributed by atoms with Gasteiger partial charge in [0.15, 0.2) is 0 Å². The van der Waals surface area contributed by atoms with Gasteiger partial charge in [-0.2, -0.15) is 5.10 Å². The molecule has 1 aliphatic heterocycles. The van der Waals surface area contributed by atoms with Crippen molar-refractivity contribution in [2.45, 2.75) is 12.5 Å². The number of aliphatic hydroxyl groups excluding tert-OH is 1. The van der Waals surface area contributed by atoms with Crippen LogP contribution in [0.1, 0.15) is 16.1 Å². The molecule has 1 amide bonds. The largest absolute Gasteiger partial charge is 0.391 e. The average Bonchev–Trinajstić information content (AvgIpc) is 3.19. The molecule has 0 radical (unpaired) electrons. The lowest BCUT2D eigenvalue weighted by Crippen LogP contribution is -2.30. The van der Waals surface area contributed by atoms with E-state index < -0.39 is 6.10 Å². The van der Waals surface area contributed by atoms with Crippen molar-refractivity contribution in [3.8, 4) is 0 Å². The third-order valence-corrected chi connectivity index (χ3v) is 4.67. The van der Waals surface area contributed by atoms with E-state index in [1.165, 1.54) is 5.56 Å². The van der Waals surface area contributed by atoms with Gasteiger partial charge in [-0.3, -0.25) is 4.79 Å². The number of carbonyl (C=O) groups excluding carboxylic acids is 1. The predicted octanol–water partition coefficient (Wildman–Crippen LogP) is 2.01. The number of hydrogen-bond donors (Lipinski definition) is 1. The van der Waals surface area contributed by atoms with Crippen molar-refractivity contribution in [3.05, 3.63) is 72.1 Å². The first-order valence-electron chi connectivity index (χ1n) is 8.16. The van der Waals surface area contributed by atoms with Gasteiger partial charge in [-0.1, -0.05) is 30.3 Å². The van der Waals surface area contributed by atoms with Gasteiger partial charge in [0.1, 0.15) is 5.69 Å². The molecule has 1 N–H and O–H groups in total. The molecule has 0 saturated carbocycles. The topological polar surface area (TPSA) is 57.8 Å². The minimum absolute atomic E-state index is 0.0653. The van der Waals surface area contributed by atoms with Crippen LogP contribution in [0.25, 0.3) is 5.52 Å². The van der Waals surface area contributed by atoms with E-state index in [4.69, 9.17) is 0 Å². The van der Waals surface area contributed by atoms with E-state index in [9.17, 15) is 9.90 Å². The quantitative estimate of drug-likeness (QED) is 0.803. The summed E-state index contributed by atoms with van der Waals surface area (Å²) in [6.45, 7) is 0.936. The number of β-amino-alcohol motifs (C(OH)–C–C–N with tert-alkyl or cyclic N) is 1. The van der Waals surface area contributed by atoms with Gasteiger partial charge in [-0.25, -0.2) is 4.52 Å². The Kier molecular flexibility index (Phi) is 3.78. The molecule has 0 spiro atoms. The zero-order valence-electron chi connectivity index (χ0n) is 13.2. The molecule has 0 bridgehead atoms. The molecule has 1 fully saturated rings. The van der Waals surface area contributed by atoms with Crippen LogP contribution in [-0.4, -0.2) is 44.7 Å². The third kappa shape index (κ3) is 2.67. The van der Waals surface area contributed by atoms with Crippen molar-refractivity contribution in [1.29, 1.82) is 0 Å². The second kappa shape index (κ2) is 6.09. The fourth-order valence-corrected chi connectivity index (χ4v) is 3.41. The number of carbonyl (C=O) groups is 1. The maximum Gasteiger partial charge on any atom is 0.272 e. The number of amides is 1. The highest BCUT2D eigenvalue weighted by Crippen LogP contribution is 2.23. The van der Waals surface area contributed by atoms with Crippen LogP contribution in [0.2, 0.25) is 0 Å². The molecule has 2 aromatic heterocycles. The normalized spacial score (nSPS) is 20.6. The van der Waals surface area contributed by atoms with Gasteiger partial charge in [0.25, 0.3) is 5.91 Å². The zero-order valence-corrected chi connectivity index (χ0v) is 13.2. The third-order valence-electron chi connectivity index (χ3n) is 4.67. The highest BCUT2D eigenvalue weighted by Gasteiger charge is 2.35. The van der Waals surface area contributed by atoms with Gasteiger partial charge in [0.2, 0.25) is 0 Å². The summed E-state index contributed by atoms with van der Waals surface area (Å²) in [5.74, 6) is -0.0150. The summed E-state index contributed by atoms with van der Waals surface area (Å²) in [5.41, 5.74) is 2.62. The van der Waals surface area contributed by atoms with Crippen molar-refractivity contribution in [1.82, 2.24) is 14.5 Å². The summed E-state index contributed by atoms with van der Waals surface area (Å²) in [4.78, 5) is 14.6. The number of nitrogens with zero attached hydrogens (tertiary/aromatic N) is 3. The molecule has 1 aromatic carbocycles. The Labute approximate surface area is 140 Å². The minimum atomic E-state index is -0.492. The number of likely N-dealkylation sites (tertiary alicyclic amines) is 1. The first-order chi connectivity index (χ1) is 11.7. The van der Waals surface area contributed by atoms with Crippen molar-refractivity contribution < 1.29 is 9.90 Å². The summed E-state index contributed by atoms with van der Waals surface area (Å²) in [6, 6.07) is 17.5. The van der Waals surface area contributed by atoms with Gasteiger partial charge < -0.3 is 10.0 Å². The SMILES string of the molecule is O=C(c1ccc2cccnn12)N1C[C@@H](Cc2ccccc2)[C@H](O)C1. The highest BCUT2D eigenvalue weighted by atomic mass is 16.3. The maximum atomic E-state index is 12.8. The monoisotopic (exact) mass is 321 g/mol. The standard InChI is InChI=1S/C19H19N3O2/c23-18-13-21(12-15(18)11-14-5-2-1-3-6-14)19(24)17-9-8-16-7-4-10-20-22(16)17/h1-10,15,18,23H,11-13H2/t15-,18-/m1/s1. The molecule has 2 atom stereocenters. The number of hydrogen-bond acceptors (Lipinski definition) is 3. The summed E-state index contributed by atoms with van der Waals surface area (Å²) in [7, 11) is 0. The predicted molar refractivity (Wildman–Crippen MR) is 90.7 cm³/mol. The van der Waals surface area contributed by atoms with Crippen LogP contribution >= 0.6 is 0 Å². The van der Waals surface area contributed by atoms with E-state index in [2.05, 4.69) is 17.2 Å². The van der Waals surface area contributed by atoms with Crippen LogP contribution in [0.4, 0.5) is 0 Å². The van der Waals surface area contributed by atoms with Crippen LogP contribution in [0.5, 0.6) is 0 Å². The second-order valence-corrected chi connectivity index (χ2v) is 6.31. The maximum absolute atomic E-state index is 12.8. The minimum Gasteiger partial charge on any atom is -0.391 e. The molecular formula is C19H19N3O2. The number of fused-ring (bicyclic) bond motifs is 1. The van der Waals surface area contributed by atoms with Crippen LogP contribution in [0.3, 0.4) is 0 Å². The van der Waals surface area contributed by atoms with E-state index in [0.29, 0.717) is 18.8 Å². The molecule has 1 saturated heterocycles. The Bertz CT molecular complexity index is 859.